The molecule has 0 saturated heterocycles. The topological polar surface area (TPSA) is 50.4 Å². The van der Waals surface area contributed by atoms with E-state index in [0.29, 0.717) is 18.9 Å². The molecule has 2 aromatic rings. The van der Waals surface area contributed by atoms with Crippen LogP contribution in [0.2, 0.25) is 0 Å². The van der Waals surface area contributed by atoms with Crippen LogP contribution in [0.5, 0.6) is 5.75 Å². The van der Waals surface area contributed by atoms with Gasteiger partial charge in [-0.25, -0.2) is 9.18 Å². The molecule has 0 aliphatic rings. The van der Waals surface area contributed by atoms with Gasteiger partial charge in [0.2, 0.25) is 0 Å². The molecule has 0 bridgehead atoms. The van der Waals surface area contributed by atoms with Crippen molar-refractivity contribution in [3.05, 3.63) is 57.9 Å². The molecule has 110 valence electrons. The van der Waals surface area contributed by atoms with Crippen LogP contribution < -0.4 is 15.4 Å². The number of benzene rings is 2. The summed E-state index contributed by atoms with van der Waals surface area (Å²) in [5, 5.41) is 5.41. The van der Waals surface area contributed by atoms with Crippen LogP contribution >= 0.6 is 22.6 Å². The number of rotatable bonds is 5. The smallest absolute Gasteiger partial charge is 0.319 e. The van der Waals surface area contributed by atoms with Crippen molar-refractivity contribution in [3.8, 4) is 5.75 Å². The third kappa shape index (κ3) is 5.58. The van der Waals surface area contributed by atoms with Crippen LogP contribution in [0.25, 0.3) is 0 Å². The number of halogens is 2. The van der Waals surface area contributed by atoms with E-state index in [1.807, 2.05) is 24.3 Å². The van der Waals surface area contributed by atoms with Gasteiger partial charge < -0.3 is 15.4 Å². The van der Waals surface area contributed by atoms with Crippen molar-refractivity contribution in [1.82, 2.24) is 5.32 Å². The second-order valence-electron chi connectivity index (χ2n) is 4.19. The number of carbonyl (C=O) groups excluding carboxylic acids is 1. The van der Waals surface area contributed by atoms with Gasteiger partial charge in [-0.1, -0.05) is 6.07 Å². The van der Waals surface area contributed by atoms with Gasteiger partial charge in [0.1, 0.15) is 18.2 Å². The Morgan fingerprint density at radius 3 is 2.67 bits per heavy atom. The summed E-state index contributed by atoms with van der Waals surface area (Å²) in [6.45, 7) is 0.665. The number of amides is 2. The summed E-state index contributed by atoms with van der Waals surface area (Å²) >= 11 is 2.18. The Bertz CT molecular complexity index is 605. The molecule has 0 atom stereocenters. The summed E-state index contributed by atoms with van der Waals surface area (Å²) < 4.78 is 19.1. The van der Waals surface area contributed by atoms with E-state index >= 15 is 0 Å². The molecular formula is C15H14FIN2O2. The van der Waals surface area contributed by atoms with E-state index in [-0.39, 0.29) is 11.8 Å². The molecule has 2 rings (SSSR count). The second kappa shape index (κ2) is 7.82. The molecule has 2 amide bonds. The predicted molar refractivity (Wildman–Crippen MR) is 88.1 cm³/mol. The van der Waals surface area contributed by atoms with Gasteiger partial charge in [0.15, 0.2) is 0 Å². The van der Waals surface area contributed by atoms with Gasteiger partial charge in [0, 0.05) is 9.26 Å². The zero-order valence-electron chi connectivity index (χ0n) is 11.1. The zero-order chi connectivity index (χ0) is 15.1. The third-order valence-corrected chi connectivity index (χ3v) is 3.22. The fraction of sp³-hybridized carbons (Fsp3) is 0.133. The normalized spacial score (nSPS) is 10.0. The van der Waals surface area contributed by atoms with Crippen LogP contribution in [0.4, 0.5) is 14.9 Å². The van der Waals surface area contributed by atoms with E-state index in [9.17, 15) is 9.18 Å². The van der Waals surface area contributed by atoms with Crippen molar-refractivity contribution < 1.29 is 13.9 Å². The molecule has 6 heteroatoms. The van der Waals surface area contributed by atoms with Gasteiger partial charge in [-0.2, -0.15) is 0 Å². The zero-order valence-corrected chi connectivity index (χ0v) is 13.3. The van der Waals surface area contributed by atoms with Gasteiger partial charge in [-0.3, -0.25) is 0 Å². The lowest BCUT2D eigenvalue weighted by atomic mass is 10.3. The molecule has 2 aromatic carbocycles. The van der Waals surface area contributed by atoms with Crippen LogP contribution in [0, 0.1) is 9.39 Å². The Labute approximate surface area is 135 Å². The molecule has 2 N–H and O–H groups in total. The molecule has 21 heavy (non-hydrogen) atoms. The van der Waals surface area contributed by atoms with Gasteiger partial charge in [-0.15, -0.1) is 0 Å². The minimum Gasteiger partial charge on any atom is -0.492 e. The number of carbonyl (C=O) groups is 1. The average molecular weight is 400 g/mol. The number of ether oxygens (including phenoxy) is 1. The Morgan fingerprint density at radius 1 is 1.19 bits per heavy atom. The molecule has 0 spiro atoms. The first-order valence-electron chi connectivity index (χ1n) is 6.32. The predicted octanol–water partition coefficient (Wildman–Crippen LogP) is 3.63. The first kappa shape index (κ1) is 15.6. The first-order valence-corrected chi connectivity index (χ1v) is 7.40. The quantitative estimate of drug-likeness (QED) is 0.595. The highest BCUT2D eigenvalue weighted by atomic mass is 127. The summed E-state index contributed by atoms with van der Waals surface area (Å²) in [6.07, 6.45) is 0. The molecule has 0 fully saturated rings. The SMILES string of the molecule is O=C(NCCOc1ccc(F)cc1)Nc1cccc(I)c1. The van der Waals surface area contributed by atoms with Gasteiger partial charge in [0.25, 0.3) is 0 Å². The van der Waals surface area contributed by atoms with Gasteiger partial charge in [0.05, 0.1) is 6.54 Å². The van der Waals surface area contributed by atoms with Crippen molar-refractivity contribution >= 4 is 34.3 Å². The van der Waals surface area contributed by atoms with Crippen molar-refractivity contribution in [1.29, 1.82) is 0 Å². The first-order chi connectivity index (χ1) is 10.1. The highest BCUT2D eigenvalue weighted by Gasteiger charge is 2.01. The lowest BCUT2D eigenvalue weighted by molar-refractivity contribution is 0.247. The van der Waals surface area contributed by atoms with Gasteiger partial charge >= 0.3 is 6.03 Å². The number of hydrogen-bond donors (Lipinski definition) is 2. The summed E-state index contributed by atoms with van der Waals surface area (Å²) in [5.74, 6) is 0.258. The van der Waals surface area contributed by atoms with E-state index in [0.717, 1.165) is 9.26 Å². The highest BCUT2D eigenvalue weighted by Crippen LogP contribution is 2.12. The third-order valence-electron chi connectivity index (χ3n) is 2.55. The van der Waals surface area contributed by atoms with Crippen LogP contribution in [0.1, 0.15) is 0 Å². The van der Waals surface area contributed by atoms with Crippen molar-refractivity contribution in [2.24, 2.45) is 0 Å². The average Bonchev–Trinajstić information content (AvgIpc) is 2.45. The Morgan fingerprint density at radius 2 is 1.95 bits per heavy atom. The number of nitrogens with one attached hydrogen (secondary N) is 2. The molecule has 0 aliphatic heterocycles. The minimum absolute atomic E-state index is 0.292. The van der Waals surface area contributed by atoms with E-state index in [2.05, 4.69) is 33.2 Å². The summed E-state index contributed by atoms with van der Waals surface area (Å²) in [6, 6.07) is 12.9. The van der Waals surface area contributed by atoms with E-state index < -0.39 is 0 Å². The summed E-state index contributed by atoms with van der Waals surface area (Å²) in [4.78, 5) is 11.6. The molecule has 0 unspecified atom stereocenters. The van der Waals surface area contributed by atoms with Crippen LogP contribution in [0.3, 0.4) is 0 Å². The lowest BCUT2D eigenvalue weighted by Crippen LogP contribution is -2.32. The number of urea groups is 1. The number of anilines is 1. The van der Waals surface area contributed by atoms with Crippen LogP contribution in [-0.2, 0) is 0 Å². The molecule has 0 aliphatic carbocycles. The molecular weight excluding hydrogens is 386 g/mol. The molecule has 0 aromatic heterocycles. The highest BCUT2D eigenvalue weighted by molar-refractivity contribution is 14.1. The van der Waals surface area contributed by atoms with Crippen molar-refractivity contribution in [3.63, 3.8) is 0 Å². The lowest BCUT2D eigenvalue weighted by Gasteiger charge is -2.09. The molecule has 0 radical (unpaired) electrons. The monoisotopic (exact) mass is 400 g/mol. The van der Waals surface area contributed by atoms with Crippen molar-refractivity contribution in [2.45, 2.75) is 0 Å². The second-order valence-corrected chi connectivity index (χ2v) is 5.44. The summed E-state index contributed by atoms with van der Waals surface area (Å²) in [5.41, 5.74) is 0.735. The standard InChI is InChI=1S/C15H14FIN2O2/c16-11-4-6-14(7-5-11)21-9-8-18-15(20)19-13-3-1-2-12(17)10-13/h1-7,10H,8-9H2,(H2,18,19,20). The fourth-order valence-electron chi connectivity index (χ4n) is 1.61. The van der Waals surface area contributed by atoms with Crippen LogP contribution in [0.15, 0.2) is 48.5 Å². The van der Waals surface area contributed by atoms with E-state index in [1.54, 1.807) is 12.1 Å². The Kier molecular flexibility index (Phi) is 5.79. The van der Waals surface area contributed by atoms with Crippen molar-refractivity contribution in [2.75, 3.05) is 18.5 Å². The molecule has 4 nitrogen and oxygen atoms in total. The maximum Gasteiger partial charge on any atom is 0.319 e. The minimum atomic E-state index is -0.308. The molecule has 0 saturated carbocycles. The molecule has 0 heterocycles. The maximum atomic E-state index is 12.7. The fourth-order valence-corrected chi connectivity index (χ4v) is 2.15. The Hall–Kier alpha value is -1.83. The Balaban J connectivity index is 1.68. The summed E-state index contributed by atoms with van der Waals surface area (Å²) in [7, 11) is 0. The van der Waals surface area contributed by atoms with Gasteiger partial charge in [-0.05, 0) is 65.1 Å². The van der Waals surface area contributed by atoms with E-state index in [4.69, 9.17) is 4.74 Å². The van der Waals surface area contributed by atoms with Crippen LogP contribution in [-0.4, -0.2) is 19.2 Å². The maximum absolute atomic E-state index is 12.7. The number of hydrogen-bond acceptors (Lipinski definition) is 2. The largest absolute Gasteiger partial charge is 0.492 e. The van der Waals surface area contributed by atoms with E-state index in [1.165, 1.54) is 12.1 Å².